The number of halogens is 1. The molecule has 0 bridgehead atoms. The molecule has 1 amide bonds. The van der Waals surface area contributed by atoms with E-state index in [0.29, 0.717) is 22.7 Å². The van der Waals surface area contributed by atoms with Crippen LogP contribution in [0.1, 0.15) is 23.3 Å². The van der Waals surface area contributed by atoms with Crippen LogP contribution in [0.2, 0.25) is 0 Å². The lowest BCUT2D eigenvalue weighted by molar-refractivity contribution is 0.0946. The molecule has 2 N–H and O–H groups in total. The van der Waals surface area contributed by atoms with Gasteiger partial charge in [-0.2, -0.15) is 0 Å². The van der Waals surface area contributed by atoms with E-state index in [4.69, 9.17) is 0 Å². The van der Waals surface area contributed by atoms with Crippen LogP contribution in [0.15, 0.2) is 79.4 Å². The molecule has 1 fully saturated rings. The summed E-state index contributed by atoms with van der Waals surface area (Å²) in [6.45, 7) is 0. The SMILES string of the molecule is O=C(NC1CC1)c1ccc(Nc2ncc(F)c(-c3cnc4ccc(-c5ccccc5)cn34)n2)cn1. The summed E-state index contributed by atoms with van der Waals surface area (Å²) in [7, 11) is 0. The minimum Gasteiger partial charge on any atom is -0.348 e. The van der Waals surface area contributed by atoms with Gasteiger partial charge in [-0.05, 0) is 48.2 Å². The summed E-state index contributed by atoms with van der Waals surface area (Å²) < 4.78 is 16.6. The van der Waals surface area contributed by atoms with Gasteiger partial charge in [0.25, 0.3) is 5.91 Å². The Labute approximate surface area is 199 Å². The van der Waals surface area contributed by atoms with Crippen LogP contribution < -0.4 is 10.6 Å². The Kier molecular flexibility index (Phi) is 5.14. The summed E-state index contributed by atoms with van der Waals surface area (Å²) in [6, 6.07) is 17.4. The lowest BCUT2D eigenvalue weighted by Gasteiger charge is -2.09. The van der Waals surface area contributed by atoms with Crippen molar-refractivity contribution in [2.24, 2.45) is 0 Å². The van der Waals surface area contributed by atoms with Crippen molar-refractivity contribution in [2.45, 2.75) is 18.9 Å². The molecule has 0 spiro atoms. The standard InChI is InChI=1S/C26H20FN7O/c27-20-13-30-26(32-19-9-10-21(28-12-19)25(35)31-18-7-8-18)33-24(20)22-14-29-23-11-6-17(15-34(22)23)16-4-2-1-3-5-16/h1-6,9-15,18H,7-8H2,(H,31,35)(H,30,32,33). The van der Waals surface area contributed by atoms with Crippen molar-refractivity contribution in [3.63, 3.8) is 0 Å². The first-order chi connectivity index (χ1) is 17.1. The molecule has 35 heavy (non-hydrogen) atoms. The third-order valence-corrected chi connectivity index (χ3v) is 5.76. The number of benzene rings is 1. The van der Waals surface area contributed by atoms with Crippen LogP contribution in [0.3, 0.4) is 0 Å². The van der Waals surface area contributed by atoms with Gasteiger partial charge in [0.2, 0.25) is 5.95 Å². The molecule has 172 valence electrons. The monoisotopic (exact) mass is 465 g/mol. The third-order valence-electron chi connectivity index (χ3n) is 5.76. The van der Waals surface area contributed by atoms with Crippen molar-refractivity contribution < 1.29 is 9.18 Å². The fraction of sp³-hybridized carbons (Fsp3) is 0.115. The van der Waals surface area contributed by atoms with E-state index in [2.05, 4.69) is 30.6 Å². The van der Waals surface area contributed by atoms with Gasteiger partial charge < -0.3 is 10.6 Å². The normalized spacial score (nSPS) is 13.1. The summed E-state index contributed by atoms with van der Waals surface area (Å²) in [6.07, 6.45) is 8.17. The fourth-order valence-corrected chi connectivity index (χ4v) is 3.78. The van der Waals surface area contributed by atoms with Crippen LogP contribution in [0.4, 0.5) is 16.0 Å². The van der Waals surface area contributed by atoms with Gasteiger partial charge >= 0.3 is 0 Å². The summed E-state index contributed by atoms with van der Waals surface area (Å²) in [5.74, 6) is -0.554. The van der Waals surface area contributed by atoms with Gasteiger partial charge in [-0.1, -0.05) is 30.3 Å². The maximum atomic E-state index is 14.8. The van der Waals surface area contributed by atoms with Crippen molar-refractivity contribution >= 4 is 23.2 Å². The lowest BCUT2D eigenvalue weighted by Crippen LogP contribution is -2.26. The second kappa shape index (κ2) is 8.60. The highest BCUT2D eigenvalue weighted by Gasteiger charge is 2.24. The number of carbonyl (C=O) groups is 1. The smallest absolute Gasteiger partial charge is 0.270 e. The van der Waals surface area contributed by atoms with Crippen molar-refractivity contribution in [3.8, 4) is 22.5 Å². The molecule has 0 aliphatic heterocycles. The van der Waals surface area contributed by atoms with Crippen LogP contribution in [0, 0.1) is 5.82 Å². The molecule has 0 radical (unpaired) electrons. The Morgan fingerprint density at radius 3 is 2.54 bits per heavy atom. The maximum Gasteiger partial charge on any atom is 0.270 e. The number of imidazole rings is 1. The van der Waals surface area contributed by atoms with Crippen LogP contribution in [0.25, 0.3) is 28.2 Å². The number of hydrogen-bond donors (Lipinski definition) is 2. The van der Waals surface area contributed by atoms with E-state index in [-0.39, 0.29) is 23.6 Å². The van der Waals surface area contributed by atoms with E-state index in [1.165, 1.54) is 6.20 Å². The molecular formula is C26H20FN7O. The molecule has 1 aliphatic rings. The number of pyridine rings is 2. The predicted octanol–water partition coefficient (Wildman–Crippen LogP) is 4.63. The number of nitrogens with zero attached hydrogens (tertiary/aromatic N) is 5. The van der Waals surface area contributed by atoms with E-state index >= 15 is 0 Å². The number of anilines is 2. The zero-order chi connectivity index (χ0) is 23.8. The number of amides is 1. The number of nitrogens with one attached hydrogen (secondary N) is 2. The molecule has 6 rings (SSSR count). The van der Waals surface area contributed by atoms with Crippen molar-refractivity contribution in [3.05, 3.63) is 90.9 Å². The summed E-state index contributed by atoms with van der Waals surface area (Å²) in [5, 5.41) is 5.93. The quantitative estimate of drug-likeness (QED) is 0.380. The van der Waals surface area contributed by atoms with Gasteiger partial charge in [0.1, 0.15) is 17.0 Å². The highest BCUT2D eigenvalue weighted by Crippen LogP contribution is 2.27. The summed E-state index contributed by atoms with van der Waals surface area (Å²) >= 11 is 0. The number of carbonyl (C=O) groups excluding carboxylic acids is 1. The zero-order valence-electron chi connectivity index (χ0n) is 18.5. The van der Waals surface area contributed by atoms with Crippen LogP contribution in [0.5, 0.6) is 0 Å². The molecular weight excluding hydrogens is 445 g/mol. The van der Waals surface area contributed by atoms with Gasteiger partial charge in [0.05, 0.1) is 30.0 Å². The Morgan fingerprint density at radius 2 is 1.77 bits per heavy atom. The molecule has 1 aliphatic carbocycles. The predicted molar refractivity (Wildman–Crippen MR) is 130 cm³/mol. The second-order valence-electron chi connectivity index (χ2n) is 8.35. The first-order valence-electron chi connectivity index (χ1n) is 11.2. The number of rotatable bonds is 6. The van der Waals surface area contributed by atoms with Crippen LogP contribution in [-0.4, -0.2) is 36.3 Å². The van der Waals surface area contributed by atoms with Crippen LogP contribution in [-0.2, 0) is 0 Å². The van der Waals surface area contributed by atoms with E-state index in [0.717, 1.165) is 30.2 Å². The van der Waals surface area contributed by atoms with Gasteiger partial charge in [0, 0.05) is 12.2 Å². The Morgan fingerprint density at radius 1 is 0.914 bits per heavy atom. The zero-order valence-corrected chi connectivity index (χ0v) is 18.5. The van der Waals surface area contributed by atoms with E-state index in [9.17, 15) is 9.18 Å². The number of fused-ring (bicyclic) bond motifs is 1. The molecule has 4 aromatic heterocycles. The Bertz CT molecular complexity index is 1530. The van der Waals surface area contributed by atoms with Gasteiger partial charge in [0.15, 0.2) is 5.82 Å². The topological polar surface area (TPSA) is 97.1 Å². The molecule has 1 aromatic carbocycles. The molecule has 0 atom stereocenters. The molecule has 5 aromatic rings. The van der Waals surface area contributed by atoms with E-state index in [1.54, 1.807) is 18.3 Å². The molecule has 4 heterocycles. The largest absolute Gasteiger partial charge is 0.348 e. The van der Waals surface area contributed by atoms with Crippen molar-refractivity contribution in [2.75, 3.05) is 5.32 Å². The maximum absolute atomic E-state index is 14.8. The molecule has 1 saturated carbocycles. The first kappa shape index (κ1) is 20.9. The average Bonchev–Trinajstić information content (AvgIpc) is 3.61. The van der Waals surface area contributed by atoms with Gasteiger partial charge in [-0.25, -0.2) is 24.3 Å². The van der Waals surface area contributed by atoms with E-state index in [1.807, 2.05) is 53.1 Å². The molecule has 0 unspecified atom stereocenters. The average molecular weight is 465 g/mol. The third kappa shape index (κ3) is 4.31. The highest BCUT2D eigenvalue weighted by atomic mass is 19.1. The first-order valence-corrected chi connectivity index (χ1v) is 11.2. The van der Waals surface area contributed by atoms with Crippen LogP contribution >= 0.6 is 0 Å². The Balaban J connectivity index is 1.29. The van der Waals surface area contributed by atoms with E-state index < -0.39 is 5.82 Å². The van der Waals surface area contributed by atoms with Gasteiger partial charge in [-0.15, -0.1) is 0 Å². The lowest BCUT2D eigenvalue weighted by atomic mass is 10.1. The molecule has 0 saturated heterocycles. The number of aromatic nitrogens is 5. The highest BCUT2D eigenvalue weighted by molar-refractivity contribution is 5.92. The second-order valence-corrected chi connectivity index (χ2v) is 8.35. The fourth-order valence-electron chi connectivity index (χ4n) is 3.78. The molecule has 9 heteroatoms. The summed E-state index contributed by atoms with van der Waals surface area (Å²) in [5.41, 5.74) is 4.23. The Hall–Kier alpha value is -4.66. The minimum atomic E-state index is -0.562. The van der Waals surface area contributed by atoms with Crippen molar-refractivity contribution in [1.29, 1.82) is 0 Å². The van der Waals surface area contributed by atoms with Crippen molar-refractivity contribution in [1.82, 2.24) is 29.7 Å². The van der Waals surface area contributed by atoms with Gasteiger partial charge in [-0.3, -0.25) is 9.20 Å². The minimum absolute atomic E-state index is 0.119. The number of hydrogen-bond acceptors (Lipinski definition) is 6. The molecule has 8 nitrogen and oxygen atoms in total. The summed E-state index contributed by atoms with van der Waals surface area (Å²) in [4.78, 5) is 29.2.